The van der Waals surface area contributed by atoms with Crippen molar-refractivity contribution in [2.45, 2.75) is 38.0 Å². The first-order valence-corrected chi connectivity index (χ1v) is 16.1. The van der Waals surface area contributed by atoms with E-state index < -0.39 is 6.04 Å². The van der Waals surface area contributed by atoms with Crippen molar-refractivity contribution in [2.75, 3.05) is 64.4 Å². The SMILES string of the molecule is COc1cc2ccc1OCC(=O)N[C@@H]1CN(C(=O)CN3CCN(c4ncccn4)CC3)CC[C@H]1Oc1ccc(cc1)CNC(=O)CC2. The van der Waals surface area contributed by atoms with E-state index in [2.05, 4.69) is 30.4 Å². The lowest BCUT2D eigenvalue weighted by Crippen LogP contribution is -2.60. The quantitative estimate of drug-likeness (QED) is 0.429. The van der Waals surface area contributed by atoms with Crippen molar-refractivity contribution < 1.29 is 28.6 Å². The number of anilines is 1. The molecule has 248 valence electrons. The summed E-state index contributed by atoms with van der Waals surface area (Å²) in [6, 6.07) is 14.3. The Hall–Kier alpha value is -4.91. The minimum Gasteiger partial charge on any atom is -0.493 e. The fraction of sp³-hybridized carbons (Fsp3) is 0.441. The van der Waals surface area contributed by atoms with Gasteiger partial charge in [0.25, 0.3) is 5.91 Å². The number of piperidine rings is 1. The molecule has 6 aliphatic rings. The van der Waals surface area contributed by atoms with Gasteiger partial charge in [-0.1, -0.05) is 18.2 Å². The molecule has 9 rings (SSSR count). The van der Waals surface area contributed by atoms with Gasteiger partial charge >= 0.3 is 0 Å². The number of amides is 3. The number of ether oxygens (including phenoxy) is 3. The molecule has 0 spiro atoms. The van der Waals surface area contributed by atoms with Gasteiger partial charge in [0.15, 0.2) is 18.1 Å². The van der Waals surface area contributed by atoms with Crippen molar-refractivity contribution in [2.24, 2.45) is 0 Å². The van der Waals surface area contributed by atoms with E-state index in [0.29, 0.717) is 68.6 Å². The Morgan fingerprint density at radius 3 is 2.49 bits per heavy atom. The van der Waals surface area contributed by atoms with Gasteiger partial charge < -0.3 is 34.6 Å². The van der Waals surface area contributed by atoms with E-state index in [4.69, 9.17) is 14.2 Å². The summed E-state index contributed by atoms with van der Waals surface area (Å²) < 4.78 is 17.7. The zero-order valence-corrected chi connectivity index (χ0v) is 26.6. The molecule has 2 fully saturated rings. The third-order valence-corrected chi connectivity index (χ3v) is 8.74. The number of carbonyl (C=O) groups excluding carboxylic acids is 3. The van der Waals surface area contributed by atoms with Gasteiger partial charge in [0.2, 0.25) is 17.8 Å². The first-order valence-electron chi connectivity index (χ1n) is 16.1. The molecule has 0 aliphatic carbocycles. The minimum atomic E-state index is -0.454. The van der Waals surface area contributed by atoms with Gasteiger partial charge in [0.1, 0.15) is 11.9 Å². The summed E-state index contributed by atoms with van der Waals surface area (Å²) in [7, 11) is 1.54. The Kier molecular flexibility index (Phi) is 10.3. The second kappa shape index (κ2) is 15.1. The van der Waals surface area contributed by atoms with Gasteiger partial charge in [0, 0.05) is 71.0 Å². The maximum absolute atomic E-state index is 13.5. The number of hydrogen-bond acceptors (Lipinski definition) is 10. The number of carbonyl (C=O) groups is 3. The van der Waals surface area contributed by atoms with Crippen LogP contribution in [0.15, 0.2) is 60.9 Å². The summed E-state index contributed by atoms with van der Waals surface area (Å²) in [4.78, 5) is 54.0. The number of benzene rings is 2. The smallest absolute Gasteiger partial charge is 0.258 e. The van der Waals surface area contributed by atoms with Gasteiger partial charge in [0.05, 0.1) is 19.7 Å². The van der Waals surface area contributed by atoms with Crippen molar-refractivity contribution in [3.05, 3.63) is 72.1 Å². The van der Waals surface area contributed by atoms with Crippen LogP contribution in [0.3, 0.4) is 0 Å². The molecular weight excluding hydrogens is 602 g/mol. The number of piperazine rings is 1. The molecule has 0 unspecified atom stereocenters. The zero-order valence-electron chi connectivity index (χ0n) is 26.6. The van der Waals surface area contributed by atoms with E-state index in [1.165, 1.54) is 7.11 Å². The standard InChI is InChI=1S/C34H41N7O6/c1-45-30-19-24-5-9-29(30)46-23-32(43)38-27-21-41(33(44)22-39-15-17-40(18-16-39)34-35-12-2-13-36-34)14-11-28(27)47-26-7-3-25(4-8-26)20-37-31(42)10-6-24/h2-5,7-9,12-13,19,27-28H,6,10-11,14-18,20-23H2,1H3,(H,37,42)(H,38,43)/t27-,28-/m1/s1. The van der Waals surface area contributed by atoms with Gasteiger partial charge in [-0.25, -0.2) is 9.97 Å². The number of aryl methyl sites for hydroxylation is 1. The van der Waals surface area contributed by atoms with Gasteiger partial charge in [-0.2, -0.15) is 0 Å². The molecule has 3 amide bonds. The number of rotatable bonds is 4. The predicted molar refractivity (Wildman–Crippen MR) is 173 cm³/mol. The predicted octanol–water partition coefficient (Wildman–Crippen LogP) is 1.41. The summed E-state index contributed by atoms with van der Waals surface area (Å²) in [6.07, 6.45) is 4.52. The number of nitrogens with one attached hydrogen (secondary N) is 2. The molecule has 2 N–H and O–H groups in total. The van der Waals surface area contributed by atoms with Gasteiger partial charge in [-0.3, -0.25) is 19.3 Å². The van der Waals surface area contributed by atoms with Crippen LogP contribution in [0.5, 0.6) is 17.2 Å². The van der Waals surface area contributed by atoms with Crippen LogP contribution in [0.2, 0.25) is 0 Å². The average Bonchev–Trinajstić information content (AvgIpc) is 3.10. The zero-order chi connectivity index (χ0) is 32.6. The van der Waals surface area contributed by atoms with Crippen molar-refractivity contribution in [3.8, 4) is 17.2 Å². The lowest BCUT2D eigenvalue weighted by Gasteiger charge is -2.40. The molecule has 0 saturated carbocycles. The van der Waals surface area contributed by atoms with Crippen LogP contribution in [-0.2, 0) is 27.3 Å². The Balaban J connectivity index is 1.12. The lowest BCUT2D eigenvalue weighted by atomic mass is 10.0. The average molecular weight is 644 g/mol. The molecular formula is C34H41N7O6. The summed E-state index contributed by atoms with van der Waals surface area (Å²) in [5.41, 5.74) is 1.87. The number of aromatic nitrogens is 2. The maximum Gasteiger partial charge on any atom is 0.258 e. The first kappa shape index (κ1) is 32.0. The van der Waals surface area contributed by atoms with E-state index in [1.807, 2.05) is 41.3 Å². The van der Waals surface area contributed by atoms with E-state index in [1.54, 1.807) is 24.5 Å². The molecule has 47 heavy (non-hydrogen) atoms. The monoisotopic (exact) mass is 643 g/mol. The summed E-state index contributed by atoms with van der Waals surface area (Å²) in [5.74, 6) is 1.90. The van der Waals surface area contributed by atoms with Crippen LogP contribution in [0.25, 0.3) is 0 Å². The van der Waals surface area contributed by atoms with Gasteiger partial charge in [-0.15, -0.1) is 0 Å². The summed E-state index contributed by atoms with van der Waals surface area (Å²) in [5, 5.41) is 6.05. The number of methoxy groups -OCH3 is 1. The fourth-order valence-electron chi connectivity index (χ4n) is 6.07. The second-order valence-electron chi connectivity index (χ2n) is 12.0. The molecule has 3 aromatic rings. The van der Waals surface area contributed by atoms with Crippen LogP contribution in [0, 0.1) is 0 Å². The molecule has 2 atom stereocenters. The van der Waals surface area contributed by atoms with Crippen LogP contribution < -0.4 is 29.7 Å². The highest BCUT2D eigenvalue weighted by Crippen LogP contribution is 2.29. The van der Waals surface area contributed by atoms with Crippen LogP contribution >= 0.6 is 0 Å². The number of hydrogen-bond donors (Lipinski definition) is 2. The molecule has 6 aliphatic heterocycles. The van der Waals surface area contributed by atoms with Gasteiger partial charge in [-0.05, 0) is 47.9 Å². The molecule has 4 bridgehead atoms. The molecule has 13 heteroatoms. The van der Waals surface area contributed by atoms with E-state index in [-0.39, 0.29) is 30.4 Å². The summed E-state index contributed by atoms with van der Waals surface area (Å²) >= 11 is 0. The van der Waals surface area contributed by atoms with E-state index >= 15 is 0 Å². The topological polar surface area (TPSA) is 138 Å². The van der Waals surface area contributed by atoms with E-state index in [0.717, 1.165) is 37.3 Å². The second-order valence-corrected chi connectivity index (χ2v) is 12.0. The van der Waals surface area contributed by atoms with Crippen LogP contribution in [0.1, 0.15) is 24.0 Å². The lowest BCUT2D eigenvalue weighted by molar-refractivity contribution is -0.136. The highest BCUT2D eigenvalue weighted by Gasteiger charge is 2.35. The Labute approximate surface area is 274 Å². The van der Waals surface area contributed by atoms with E-state index in [9.17, 15) is 14.4 Å². The van der Waals surface area contributed by atoms with Crippen molar-refractivity contribution in [1.29, 1.82) is 0 Å². The maximum atomic E-state index is 13.5. The summed E-state index contributed by atoms with van der Waals surface area (Å²) in [6.45, 7) is 4.23. The Bertz CT molecular complexity index is 1530. The molecule has 0 radical (unpaired) electrons. The van der Waals surface area contributed by atoms with Crippen LogP contribution in [-0.4, -0.2) is 109 Å². The molecule has 2 aromatic carbocycles. The Morgan fingerprint density at radius 2 is 1.72 bits per heavy atom. The molecule has 7 heterocycles. The molecule has 1 aromatic heterocycles. The molecule has 2 saturated heterocycles. The Morgan fingerprint density at radius 1 is 0.957 bits per heavy atom. The highest BCUT2D eigenvalue weighted by atomic mass is 16.5. The highest BCUT2D eigenvalue weighted by molar-refractivity contribution is 5.80. The van der Waals surface area contributed by atoms with Crippen LogP contribution in [0.4, 0.5) is 5.95 Å². The number of likely N-dealkylation sites (tertiary alicyclic amines) is 1. The van der Waals surface area contributed by atoms with Crippen molar-refractivity contribution in [3.63, 3.8) is 0 Å². The third kappa shape index (κ3) is 8.47. The normalized spacial score (nSPS) is 21.1. The van der Waals surface area contributed by atoms with Crippen molar-refractivity contribution in [1.82, 2.24) is 30.4 Å². The largest absolute Gasteiger partial charge is 0.493 e. The molecule has 13 nitrogen and oxygen atoms in total. The number of nitrogens with zero attached hydrogens (tertiary/aromatic N) is 5. The first-order chi connectivity index (χ1) is 22.9. The van der Waals surface area contributed by atoms with Crippen molar-refractivity contribution >= 4 is 23.7 Å². The fourth-order valence-corrected chi connectivity index (χ4v) is 6.07. The minimum absolute atomic E-state index is 0.0148. The third-order valence-electron chi connectivity index (χ3n) is 8.74.